The minimum absolute atomic E-state index is 0.0164. The number of methoxy groups -OCH3 is 1. The van der Waals surface area contributed by atoms with E-state index in [1.54, 1.807) is 43.5 Å². The van der Waals surface area contributed by atoms with Crippen LogP contribution >= 0.6 is 0 Å². The molecular formula is C27H34N6O5. The monoisotopic (exact) mass is 522 g/mol. The lowest BCUT2D eigenvalue weighted by molar-refractivity contribution is -0.133. The zero-order valence-electron chi connectivity index (χ0n) is 21.9. The quantitative estimate of drug-likeness (QED) is 0.529. The van der Waals surface area contributed by atoms with Crippen molar-refractivity contribution in [2.24, 2.45) is 0 Å². The van der Waals surface area contributed by atoms with Crippen molar-refractivity contribution in [1.29, 1.82) is 0 Å². The Morgan fingerprint density at radius 1 is 1.08 bits per heavy atom. The van der Waals surface area contributed by atoms with Gasteiger partial charge in [0, 0.05) is 56.7 Å². The minimum Gasteiger partial charge on any atom is -0.497 e. The Morgan fingerprint density at radius 3 is 2.53 bits per heavy atom. The number of amides is 5. The summed E-state index contributed by atoms with van der Waals surface area (Å²) in [4.78, 5) is 57.2. The molecule has 11 heteroatoms. The smallest absolute Gasteiger partial charge is 0.321 e. The number of nitrogens with one attached hydrogen (secondary N) is 3. The number of carbonyl (C=O) groups is 4. The fourth-order valence-corrected chi connectivity index (χ4v) is 4.58. The van der Waals surface area contributed by atoms with Crippen molar-refractivity contribution in [1.82, 2.24) is 20.4 Å². The lowest BCUT2D eigenvalue weighted by Gasteiger charge is -2.41. The Bertz CT molecular complexity index is 1180. The van der Waals surface area contributed by atoms with E-state index in [-0.39, 0.29) is 31.4 Å². The lowest BCUT2D eigenvalue weighted by Crippen LogP contribution is -2.64. The number of rotatable bonds is 6. The van der Waals surface area contributed by atoms with Crippen LogP contribution < -0.4 is 25.6 Å². The number of carbonyl (C=O) groups excluding carboxylic acids is 4. The van der Waals surface area contributed by atoms with Gasteiger partial charge in [-0.3, -0.25) is 14.4 Å². The van der Waals surface area contributed by atoms with Crippen LogP contribution in [0.15, 0.2) is 48.5 Å². The number of urea groups is 1. The average Bonchev–Trinajstić information content (AvgIpc) is 2.93. The third-order valence-corrected chi connectivity index (χ3v) is 6.78. The van der Waals surface area contributed by atoms with Gasteiger partial charge >= 0.3 is 6.03 Å². The zero-order chi connectivity index (χ0) is 27.2. The number of piperazine rings is 1. The van der Waals surface area contributed by atoms with Crippen molar-refractivity contribution < 1.29 is 23.9 Å². The SMILES string of the molecule is COc1cccc(NC(=O)N2CCN(C(=O)c3ccc(N(C)C)cc3)[C@H](C(=O)N[C@H]3CCCNC3=O)C2)c1. The zero-order valence-corrected chi connectivity index (χ0v) is 21.9. The van der Waals surface area contributed by atoms with Crippen LogP contribution in [0.3, 0.4) is 0 Å². The molecule has 2 aromatic carbocycles. The van der Waals surface area contributed by atoms with Gasteiger partial charge in [0.1, 0.15) is 17.8 Å². The first-order valence-electron chi connectivity index (χ1n) is 12.6. The third-order valence-electron chi connectivity index (χ3n) is 6.78. The summed E-state index contributed by atoms with van der Waals surface area (Å²) in [6, 6.07) is 12.1. The minimum atomic E-state index is -0.962. The first-order chi connectivity index (χ1) is 18.3. The summed E-state index contributed by atoms with van der Waals surface area (Å²) < 4.78 is 5.22. The van der Waals surface area contributed by atoms with E-state index in [1.807, 2.05) is 31.1 Å². The van der Waals surface area contributed by atoms with Crippen LogP contribution in [0.25, 0.3) is 0 Å². The molecule has 2 saturated heterocycles. The van der Waals surface area contributed by atoms with Gasteiger partial charge in [0.25, 0.3) is 5.91 Å². The number of piperidine rings is 1. The van der Waals surface area contributed by atoms with Gasteiger partial charge in [-0.05, 0) is 49.2 Å². The Balaban J connectivity index is 1.53. The number of hydrogen-bond acceptors (Lipinski definition) is 6. The Hall–Kier alpha value is -4.28. The Labute approximate surface area is 222 Å². The van der Waals surface area contributed by atoms with Gasteiger partial charge in [0.15, 0.2) is 0 Å². The fraction of sp³-hybridized carbons (Fsp3) is 0.407. The van der Waals surface area contributed by atoms with E-state index in [0.29, 0.717) is 30.0 Å². The number of ether oxygens (including phenoxy) is 1. The van der Waals surface area contributed by atoms with Gasteiger partial charge in [-0.25, -0.2) is 4.79 Å². The maximum absolute atomic E-state index is 13.5. The van der Waals surface area contributed by atoms with E-state index in [0.717, 1.165) is 12.1 Å². The van der Waals surface area contributed by atoms with Crippen LogP contribution in [-0.4, -0.2) is 93.0 Å². The van der Waals surface area contributed by atoms with E-state index in [4.69, 9.17) is 4.74 Å². The summed E-state index contributed by atoms with van der Waals surface area (Å²) in [5.74, 6) is -0.424. The van der Waals surface area contributed by atoms with Crippen molar-refractivity contribution >= 4 is 35.1 Å². The van der Waals surface area contributed by atoms with Gasteiger partial charge in [-0.1, -0.05) is 6.07 Å². The molecule has 38 heavy (non-hydrogen) atoms. The van der Waals surface area contributed by atoms with Crippen molar-refractivity contribution in [3.8, 4) is 5.75 Å². The molecule has 0 unspecified atom stereocenters. The van der Waals surface area contributed by atoms with Crippen LogP contribution in [0.2, 0.25) is 0 Å². The Morgan fingerprint density at radius 2 is 1.84 bits per heavy atom. The summed E-state index contributed by atoms with van der Waals surface area (Å²) in [5.41, 5.74) is 1.94. The van der Waals surface area contributed by atoms with Crippen molar-refractivity contribution in [3.63, 3.8) is 0 Å². The molecule has 3 N–H and O–H groups in total. The highest BCUT2D eigenvalue weighted by Gasteiger charge is 2.39. The molecule has 202 valence electrons. The van der Waals surface area contributed by atoms with E-state index in [1.165, 1.54) is 9.80 Å². The summed E-state index contributed by atoms with van der Waals surface area (Å²) in [7, 11) is 5.36. The molecule has 5 amide bonds. The molecule has 0 saturated carbocycles. The predicted octanol–water partition coefficient (Wildman–Crippen LogP) is 1.51. The molecule has 2 fully saturated rings. The molecule has 2 aromatic rings. The first kappa shape index (κ1) is 26.8. The largest absolute Gasteiger partial charge is 0.497 e. The topological polar surface area (TPSA) is 123 Å². The average molecular weight is 523 g/mol. The molecule has 0 aliphatic carbocycles. The van der Waals surface area contributed by atoms with Crippen LogP contribution in [0.4, 0.5) is 16.2 Å². The van der Waals surface area contributed by atoms with Crippen LogP contribution in [0, 0.1) is 0 Å². The molecule has 0 aromatic heterocycles. The molecule has 2 aliphatic heterocycles. The number of nitrogens with zero attached hydrogens (tertiary/aromatic N) is 3. The second kappa shape index (κ2) is 11.8. The van der Waals surface area contributed by atoms with E-state index >= 15 is 0 Å². The molecule has 2 heterocycles. The lowest BCUT2D eigenvalue weighted by atomic mass is 10.0. The van der Waals surface area contributed by atoms with Gasteiger partial charge in [0.05, 0.1) is 13.7 Å². The van der Waals surface area contributed by atoms with Crippen LogP contribution in [0.5, 0.6) is 5.75 Å². The maximum atomic E-state index is 13.5. The fourth-order valence-electron chi connectivity index (χ4n) is 4.58. The third kappa shape index (κ3) is 6.16. The molecular weight excluding hydrogens is 488 g/mol. The highest BCUT2D eigenvalue weighted by molar-refractivity contribution is 5.99. The van der Waals surface area contributed by atoms with Crippen molar-refractivity contribution in [3.05, 3.63) is 54.1 Å². The molecule has 2 aliphatic rings. The van der Waals surface area contributed by atoms with Crippen LogP contribution in [-0.2, 0) is 9.59 Å². The number of benzene rings is 2. The summed E-state index contributed by atoms with van der Waals surface area (Å²) in [5, 5.41) is 8.38. The summed E-state index contributed by atoms with van der Waals surface area (Å²) in [6.45, 7) is 0.956. The second-order valence-corrected chi connectivity index (χ2v) is 9.56. The number of hydrogen-bond donors (Lipinski definition) is 3. The van der Waals surface area contributed by atoms with Gasteiger partial charge in [0.2, 0.25) is 11.8 Å². The van der Waals surface area contributed by atoms with Crippen LogP contribution in [0.1, 0.15) is 23.2 Å². The van der Waals surface area contributed by atoms with Gasteiger partial charge in [-0.2, -0.15) is 0 Å². The highest BCUT2D eigenvalue weighted by atomic mass is 16.5. The molecule has 11 nitrogen and oxygen atoms in total. The summed E-state index contributed by atoms with van der Waals surface area (Å²) in [6.07, 6.45) is 1.27. The standard InChI is InChI=1S/C27H34N6O5/c1-31(2)20-11-9-18(10-12-20)26(36)33-15-14-32(27(37)29-19-6-4-7-21(16-19)38-3)17-23(33)25(35)30-22-8-5-13-28-24(22)34/h4,6-7,9-12,16,22-23H,5,8,13-15,17H2,1-3H3,(H,28,34)(H,29,37)(H,30,35)/t22-,23-/m0/s1. The number of anilines is 2. The first-order valence-corrected chi connectivity index (χ1v) is 12.6. The van der Waals surface area contributed by atoms with E-state index in [9.17, 15) is 19.2 Å². The molecule has 2 atom stereocenters. The van der Waals surface area contributed by atoms with Crippen molar-refractivity contribution in [2.45, 2.75) is 24.9 Å². The normalized spacial score (nSPS) is 19.3. The van der Waals surface area contributed by atoms with Gasteiger partial charge in [-0.15, -0.1) is 0 Å². The predicted molar refractivity (Wildman–Crippen MR) is 143 cm³/mol. The molecule has 0 radical (unpaired) electrons. The van der Waals surface area contributed by atoms with Gasteiger partial charge < -0.3 is 35.4 Å². The Kier molecular flexibility index (Phi) is 8.35. The van der Waals surface area contributed by atoms with E-state index in [2.05, 4.69) is 16.0 Å². The highest BCUT2D eigenvalue weighted by Crippen LogP contribution is 2.21. The summed E-state index contributed by atoms with van der Waals surface area (Å²) >= 11 is 0. The second-order valence-electron chi connectivity index (χ2n) is 9.56. The molecule has 0 spiro atoms. The van der Waals surface area contributed by atoms with E-state index < -0.39 is 24.0 Å². The maximum Gasteiger partial charge on any atom is 0.321 e. The molecule has 0 bridgehead atoms. The van der Waals surface area contributed by atoms with Crippen molar-refractivity contribution in [2.75, 3.05) is 57.6 Å². The molecule has 4 rings (SSSR count).